The molecule has 2 unspecified atom stereocenters. The Balaban J connectivity index is 1.78. The molecule has 2 rings (SSSR count). The maximum atomic E-state index is 11.9. The molecule has 92 valence electrons. The van der Waals surface area contributed by atoms with E-state index in [1.165, 1.54) is 5.56 Å². The molecule has 1 fully saturated rings. The molecule has 1 aromatic carbocycles. The van der Waals surface area contributed by atoms with Crippen LogP contribution in [0.2, 0.25) is 0 Å². The van der Waals surface area contributed by atoms with Crippen molar-refractivity contribution in [2.24, 2.45) is 5.73 Å². The summed E-state index contributed by atoms with van der Waals surface area (Å²) in [6.45, 7) is 0.516. The summed E-state index contributed by atoms with van der Waals surface area (Å²) in [5.74, 6) is 0.213. The molecule has 2 atom stereocenters. The zero-order valence-electron chi connectivity index (χ0n) is 9.97. The largest absolute Gasteiger partial charge is 0.366 e. The second kappa shape index (κ2) is 5.94. The van der Waals surface area contributed by atoms with Crippen molar-refractivity contribution in [1.29, 1.82) is 0 Å². The molecule has 0 saturated carbocycles. The van der Waals surface area contributed by atoms with Crippen LogP contribution in [-0.2, 0) is 16.0 Å². The molecule has 1 aliphatic heterocycles. The Bertz CT molecular complexity index is 364. The fourth-order valence-electron chi connectivity index (χ4n) is 2.19. The Kier molecular flexibility index (Phi) is 4.29. The maximum absolute atomic E-state index is 11.9. The summed E-state index contributed by atoms with van der Waals surface area (Å²) in [5.41, 5.74) is 6.73. The lowest BCUT2D eigenvalue weighted by atomic mass is 10.0. The summed E-state index contributed by atoms with van der Waals surface area (Å²) in [6, 6.07) is 10.1. The first-order chi connectivity index (χ1) is 8.29. The molecule has 0 aliphatic carbocycles. The van der Waals surface area contributed by atoms with Gasteiger partial charge in [0.1, 0.15) is 6.10 Å². The van der Waals surface area contributed by atoms with Gasteiger partial charge >= 0.3 is 0 Å². The average molecular weight is 233 g/mol. The van der Waals surface area contributed by atoms with E-state index in [4.69, 9.17) is 10.5 Å². The van der Waals surface area contributed by atoms with Crippen molar-refractivity contribution < 1.29 is 9.53 Å². The van der Waals surface area contributed by atoms with Crippen LogP contribution in [0.3, 0.4) is 0 Å². The summed E-state index contributed by atoms with van der Waals surface area (Å²) in [5, 5.41) is 0. The van der Waals surface area contributed by atoms with E-state index in [2.05, 4.69) is 0 Å². The first-order valence-electron chi connectivity index (χ1n) is 6.21. The third kappa shape index (κ3) is 3.38. The van der Waals surface area contributed by atoms with E-state index in [0.29, 0.717) is 13.0 Å². The van der Waals surface area contributed by atoms with Gasteiger partial charge < -0.3 is 10.5 Å². The highest BCUT2D eigenvalue weighted by Gasteiger charge is 2.29. The van der Waals surface area contributed by atoms with Gasteiger partial charge in [0.25, 0.3) is 0 Å². The van der Waals surface area contributed by atoms with Crippen LogP contribution in [0.4, 0.5) is 0 Å². The van der Waals surface area contributed by atoms with E-state index >= 15 is 0 Å². The smallest absolute Gasteiger partial charge is 0.161 e. The van der Waals surface area contributed by atoms with Crippen molar-refractivity contribution >= 4 is 5.78 Å². The number of hydrogen-bond acceptors (Lipinski definition) is 3. The lowest BCUT2D eigenvalue weighted by Gasteiger charge is -2.11. The van der Waals surface area contributed by atoms with Crippen LogP contribution in [0.1, 0.15) is 24.8 Å². The molecule has 1 saturated heterocycles. The maximum Gasteiger partial charge on any atom is 0.161 e. The molecule has 0 amide bonds. The number of nitrogens with two attached hydrogens (primary N) is 1. The lowest BCUT2D eigenvalue weighted by molar-refractivity contribution is -0.129. The van der Waals surface area contributed by atoms with Crippen LogP contribution < -0.4 is 5.73 Å². The molecule has 0 bridgehead atoms. The molecule has 1 aliphatic rings. The molecule has 17 heavy (non-hydrogen) atoms. The predicted octanol–water partition coefficient (Wildman–Crippen LogP) is 1.69. The van der Waals surface area contributed by atoms with E-state index in [1.54, 1.807) is 0 Å². The lowest BCUT2D eigenvalue weighted by Crippen LogP contribution is -2.25. The predicted molar refractivity (Wildman–Crippen MR) is 66.7 cm³/mol. The summed E-state index contributed by atoms with van der Waals surface area (Å²) in [4.78, 5) is 11.9. The van der Waals surface area contributed by atoms with Gasteiger partial charge in [-0.15, -0.1) is 0 Å². The van der Waals surface area contributed by atoms with Crippen LogP contribution in [0.5, 0.6) is 0 Å². The molecular formula is C14H19NO2. The summed E-state index contributed by atoms with van der Waals surface area (Å²) < 4.78 is 5.59. The number of benzene rings is 1. The zero-order chi connectivity index (χ0) is 12.1. The minimum atomic E-state index is -0.215. The highest BCUT2D eigenvalue weighted by molar-refractivity contribution is 5.83. The highest BCUT2D eigenvalue weighted by atomic mass is 16.5. The molecular weight excluding hydrogens is 214 g/mol. The fourth-order valence-corrected chi connectivity index (χ4v) is 2.19. The van der Waals surface area contributed by atoms with Gasteiger partial charge in [0.05, 0.1) is 6.10 Å². The van der Waals surface area contributed by atoms with Gasteiger partial charge in [0, 0.05) is 13.0 Å². The second-order valence-corrected chi connectivity index (χ2v) is 4.51. The average Bonchev–Trinajstić information content (AvgIpc) is 2.86. The van der Waals surface area contributed by atoms with E-state index in [0.717, 1.165) is 19.3 Å². The molecule has 1 heterocycles. The Morgan fingerprint density at radius 2 is 2.06 bits per heavy atom. The zero-order valence-corrected chi connectivity index (χ0v) is 9.97. The van der Waals surface area contributed by atoms with Gasteiger partial charge in [-0.25, -0.2) is 0 Å². The topological polar surface area (TPSA) is 52.3 Å². The van der Waals surface area contributed by atoms with E-state index in [9.17, 15) is 4.79 Å². The third-order valence-electron chi connectivity index (χ3n) is 3.23. The van der Waals surface area contributed by atoms with Crippen molar-refractivity contribution in [2.45, 2.75) is 37.9 Å². The van der Waals surface area contributed by atoms with Crippen LogP contribution >= 0.6 is 0 Å². The number of rotatable bonds is 5. The Morgan fingerprint density at radius 1 is 1.29 bits per heavy atom. The second-order valence-electron chi connectivity index (χ2n) is 4.51. The number of ketones is 1. The Labute approximate surface area is 102 Å². The van der Waals surface area contributed by atoms with Gasteiger partial charge in [-0.2, -0.15) is 0 Å². The van der Waals surface area contributed by atoms with Crippen LogP contribution in [0.15, 0.2) is 30.3 Å². The van der Waals surface area contributed by atoms with Crippen molar-refractivity contribution in [3.63, 3.8) is 0 Å². The molecule has 3 nitrogen and oxygen atoms in total. The van der Waals surface area contributed by atoms with Gasteiger partial charge in [-0.1, -0.05) is 30.3 Å². The summed E-state index contributed by atoms with van der Waals surface area (Å²) >= 11 is 0. The van der Waals surface area contributed by atoms with E-state index in [1.807, 2.05) is 30.3 Å². The quantitative estimate of drug-likeness (QED) is 0.842. The normalized spacial score (nSPS) is 23.8. The minimum Gasteiger partial charge on any atom is -0.366 e. The first kappa shape index (κ1) is 12.3. The van der Waals surface area contributed by atoms with Crippen molar-refractivity contribution in [2.75, 3.05) is 6.54 Å². The molecule has 0 radical (unpaired) electrons. The third-order valence-corrected chi connectivity index (χ3v) is 3.23. The van der Waals surface area contributed by atoms with E-state index < -0.39 is 0 Å². The first-order valence-corrected chi connectivity index (χ1v) is 6.21. The minimum absolute atomic E-state index is 0.0840. The molecule has 3 heteroatoms. The highest BCUT2D eigenvalue weighted by Crippen LogP contribution is 2.21. The number of aryl methyl sites for hydroxylation is 1. The van der Waals surface area contributed by atoms with Crippen molar-refractivity contribution in [3.05, 3.63) is 35.9 Å². The number of Topliss-reactive ketones (excluding diaryl/α,β-unsaturated/α-hetero) is 1. The van der Waals surface area contributed by atoms with E-state index in [-0.39, 0.29) is 18.0 Å². The van der Waals surface area contributed by atoms with Crippen LogP contribution in [-0.4, -0.2) is 24.5 Å². The van der Waals surface area contributed by atoms with Gasteiger partial charge in [0.15, 0.2) is 5.78 Å². The SMILES string of the molecule is NCC1CCC(C(=O)CCc2ccccc2)O1. The fraction of sp³-hybridized carbons (Fsp3) is 0.500. The monoisotopic (exact) mass is 233 g/mol. The summed E-state index contributed by atoms with van der Waals surface area (Å²) in [6.07, 6.45) is 2.97. The number of carbonyl (C=O) groups excluding carboxylic acids is 1. The van der Waals surface area contributed by atoms with Crippen LogP contribution in [0, 0.1) is 0 Å². The van der Waals surface area contributed by atoms with Gasteiger partial charge in [-0.3, -0.25) is 4.79 Å². The standard InChI is InChI=1S/C14H19NO2/c15-10-12-7-9-14(17-12)13(16)8-6-11-4-2-1-3-5-11/h1-5,12,14H,6-10,15H2. The van der Waals surface area contributed by atoms with Gasteiger partial charge in [0.2, 0.25) is 0 Å². The molecule has 0 aromatic heterocycles. The molecule has 1 aromatic rings. The molecule has 0 spiro atoms. The Morgan fingerprint density at radius 3 is 2.71 bits per heavy atom. The van der Waals surface area contributed by atoms with Crippen LogP contribution in [0.25, 0.3) is 0 Å². The number of carbonyl (C=O) groups is 1. The molecule has 2 N–H and O–H groups in total. The van der Waals surface area contributed by atoms with Gasteiger partial charge in [-0.05, 0) is 24.8 Å². The number of ether oxygens (including phenoxy) is 1. The summed E-state index contributed by atoms with van der Waals surface area (Å²) in [7, 11) is 0. The van der Waals surface area contributed by atoms with Crippen molar-refractivity contribution in [3.8, 4) is 0 Å². The number of hydrogen-bond donors (Lipinski definition) is 1. The van der Waals surface area contributed by atoms with Crippen molar-refractivity contribution in [1.82, 2.24) is 0 Å². The Hall–Kier alpha value is -1.19.